The minimum Gasteiger partial charge on any atom is -0.394 e. The lowest BCUT2D eigenvalue weighted by Gasteiger charge is -2.40. The number of carbonyl (C=O) groups is 1. The van der Waals surface area contributed by atoms with E-state index < -0.39 is 74.2 Å². The molecule has 0 bridgehead atoms. The number of ether oxygens (including phenoxy) is 2. The summed E-state index contributed by atoms with van der Waals surface area (Å²) in [4.78, 5) is 13.1. The monoisotopic (exact) mass is 886 g/mol. The van der Waals surface area contributed by atoms with Crippen LogP contribution in [0.25, 0.3) is 0 Å². The average Bonchev–Trinajstić information content (AvgIpc) is 3.26. The van der Waals surface area contributed by atoms with Crippen LogP contribution in [-0.2, 0) is 14.3 Å². The second kappa shape index (κ2) is 40.2. The number of allylic oxidation sites excluding steroid dienone is 2. The van der Waals surface area contributed by atoms with Gasteiger partial charge >= 0.3 is 0 Å². The highest BCUT2D eigenvalue weighted by Crippen LogP contribution is 2.23. The molecule has 0 unspecified atom stereocenters. The number of hydrogen-bond donors (Lipinski definition) is 8. The summed E-state index contributed by atoms with van der Waals surface area (Å²) in [5.41, 5.74) is 0. The van der Waals surface area contributed by atoms with Crippen LogP contribution in [0.2, 0.25) is 0 Å². The number of aliphatic hydroxyl groups is 7. The number of hydrogen-bond acceptors (Lipinski definition) is 10. The number of unbranched alkanes of at least 4 members (excludes halogenated alkanes) is 27. The minimum atomic E-state index is -1.66. The van der Waals surface area contributed by atoms with E-state index in [-0.39, 0.29) is 6.42 Å². The Bertz CT molecular complexity index is 1030. The molecule has 1 amide bonds. The van der Waals surface area contributed by atoms with Gasteiger partial charge in [-0.25, -0.2) is 0 Å². The van der Waals surface area contributed by atoms with Crippen LogP contribution < -0.4 is 5.32 Å². The van der Waals surface area contributed by atoms with Crippen molar-refractivity contribution in [3.05, 3.63) is 12.2 Å². The predicted octanol–water partition coefficient (Wildman–Crippen LogP) is 9.48. The molecule has 1 heterocycles. The van der Waals surface area contributed by atoms with E-state index in [0.29, 0.717) is 19.3 Å². The molecule has 1 fully saturated rings. The van der Waals surface area contributed by atoms with Gasteiger partial charge in [0.15, 0.2) is 6.29 Å². The van der Waals surface area contributed by atoms with Gasteiger partial charge in [-0.3, -0.25) is 4.79 Å². The van der Waals surface area contributed by atoms with Crippen molar-refractivity contribution in [1.29, 1.82) is 0 Å². The molecule has 1 aliphatic heterocycles. The Hall–Kier alpha value is -1.15. The Morgan fingerprint density at radius 1 is 0.581 bits per heavy atom. The Labute approximate surface area is 379 Å². The summed E-state index contributed by atoms with van der Waals surface area (Å²) in [6.45, 7) is 5.73. The van der Waals surface area contributed by atoms with Crippen molar-refractivity contribution in [2.75, 3.05) is 13.2 Å². The zero-order chi connectivity index (χ0) is 45.6. The molecule has 368 valence electrons. The Balaban J connectivity index is 2.32. The van der Waals surface area contributed by atoms with Crippen LogP contribution in [0, 0.1) is 5.92 Å². The first kappa shape index (κ1) is 58.9. The van der Waals surface area contributed by atoms with Crippen molar-refractivity contribution < 1.29 is 50.0 Å². The van der Waals surface area contributed by atoms with Crippen molar-refractivity contribution in [1.82, 2.24) is 5.32 Å². The molecular formula is C51H99NO10. The van der Waals surface area contributed by atoms with Crippen LogP contribution in [0.15, 0.2) is 12.2 Å². The number of carbonyl (C=O) groups excluding carboxylic acids is 1. The predicted molar refractivity (Wildman–Crippen MR) is 252 cm³/mol. The van der Waals surface area contributed by atoms with Gasteiger partial charge < -0.3 is 50.5 Å². The summed E-state index contributed by atoms with van der Waals surface area (Å²) in [5.74, 6) is 0.0676. The molecule has 62 heavy (non-hydrogen) atoms. The number of nitrogens with one attached hydrogen (secondary N) is 1. The molecule has 0 radical (unpaired) electrons. The fourth-order valence-corrected chi connectivity index (χ4v) is 8.44. The summed E-state index contributed by atoms with van der Waals surface area (Å²) in [6, 6.07) is -1.16. The minimum absolute atomic E-state index is 0.263. The van der Waals surface area contributed by atoms with E-state index in [2.05, 4.69) is 38.2 Å². The summed E-state index contributed by atoms with van der Waals surface area (Å²) in [5, 5.41) is 75.8. The molecule has 0 spiro atoms. The standard InChI is InChI=1S/C51H99NO10/c1-4-5-6-7-8-9-10-11-12-13-14-15-16-17-18-19-20-21-22-25-29-32-35-38-44(55)50(60)52-42(40-61-51-49(59)48(58)47(57)45(39-53)62-51)46(56)43(54)37-34-31-28-26-23-24-27-30-33-36-41(2)3/h9-10,41-49,51,53-59H,4-8,11-40H2,1-3H3,(H,52,60)/b10-9+/t42-,43+,44+,45+,46-,47+,48-,49+,51+/m0/s1. The largest absolute Gasteiger partial charge is 0.394 e. The van der Waals surface area contributed by atoms with Crippen LogP contribution in [0.5, 0.6) is 0 Å². The lowest BCUT2D eigenvalue weighted by atomic mass is 9.98. The smallest absolute Gasteiger partial charge is 0.249 e. The second-order valence-corrected chi connectivity index (χ2v) is 19.1. The molecule has 1 aliphatic rings. The van der Waals surface area contributed by atoms with Crippen LogP contribution in [0.1, 0.15) is 233 Å². The van der Waals surface area contributed by atoms with Crippen LogP contribution in [-0.4, -0.2) is 110 Å². The third kappa shape index (κ3) is 30.1. The molecule has 11 heteroatoms. The second-order valence-electron chi connectivity index (χ2n) is 19.1. The highest BCUT2D eigenvalue weighted by molar-refractivity contribution is 5.80. The third-order valence-corrected chi connectivity index (χ3v) is 12.7. The van der Waals surface area contributed by atoms with Crippen LogP contribution in [0.4, 0.5) is 0 Å². The van der Waals surface area contributed by atoms with Gasteiger partial charge in [-0.2, -0.15) is 0 Å². The highest BCUT2D eigenvalue weighted by atomic mass is 16.7. The first-order chi connectivity index (χ1) is 30.0. The molecule has 0 aromatic rings. The molecule has 8 N–H and O–H groups in total. The van der Waals surface area contributed by atoms with Crippen LogP contribution >= 0.6 is 0 Å². The molecule has 0 saturated carbocycles. The van der Waals surface area contributed by atoms with Gasteiger partial charge in [-0.15, -0.1) is 0 Å². The summed E-state index contributed by atoms with van der Waals surface area (Å²) >= 11 is 0. The molecule has 0 aliphatic carbocycles. The van der Waals surface area contributed by atoms with E-state index >= 15 is 0 Å². The quantitative estimate of drug-likeness (QED) is 0.0216. The lowest BCUT2D eigenvalue weighted by molar-refractivity contribution is -0.303. The SMILES string of the molecule is CCCCCC/C=C/CCCCCCCCCCCCCCCCC[C@@H](O)C(=O)N[C@@H](CO[C@@H]1O[C@H](CO)[C@@H](O)[C@H](O)[C@H]1O)[C@H](O)[C@H](O)CCCCCCCCCCCC(C)C. The van der Waals surface area contributed by atoms with Crippen molar-refractivity contribution in [2.24, 2.45) is 5.92 Å². The maximum absolute atomic E-state index is 13.1. The summed E-state index contributed by atoms with van der Waals surface area (Å²) in [6.07, 6.45) is 31.3. The van der Waals surface area contributed by atoms with E-state index in [4.69, 9.17) is 9.47 Å². The van der Waals surface area contributed by atoms with E-state index in [1.807, 2.05) is 0 Å². The van der Waals surface area contributed by atoms with Gasteiger partial charge in [0.2, 0.25) is 5.91 Å². The van der Waals surface area contributed by atoms with Crippen LogP contribution in [0.3, 0.4) is 0 Å². The fourth-order valence-electron chi connectivity index (χ4n) is 8.44. The average molecular weight is 886 g/mol. The normalized spacial score (nSPS) is 21.4. The molecule has 0 aromatic heterocycles. The maximum Gasteiger partial charge on any atom is 0.249 e. The first-order valence-corrected chi connectivity index (χ1v) is 25.9. The number of amides is 1. The van der Waals surface area contributed by atoms with E-state index in [1.165, 1.54) is 148 Å². The number of aliphatic hydroxyl groups excluding tert-OH is 7. The molecule has 0 aromatic carbocycles. The van der Waals surface area contributed by atoms with Gasteiger partial charge in [0, 0.05) is 0 Å². The topological polar surface area (TPSA) is 189 Å². The van der Waals surface area contributed by atoms with Gasteiger partial charge in [0.1, 0.15) is 36.6 Å². The molecule has 11 nitrogen and oxygen atoms in total. The molecule has 9 atom stereocenters. The Morgan fingerprint density at radius 2 is 1.00 bits per heavy atom. The molecule has 1 rings (SSSR count). The molecular weight excluding hydrogens is 787 g/mol. The summed E-state index contributed by atoms with van der Waals surface area (Å²) in [7, 11) is 0. The van der Waals surface area contributed by atoms with Crippen molar-refractivity contribution >= 4 is 5.91 Å². The Kier molecular flexibility index (Phi) is 38.1. The van der Waals surface area contributed by atoms with Crippen molar-refractivity contribution in [3.63, 3.8) is 0 Å². The lowest BCUT2D eigenvalue weighted by Crippen LogP contribution is -2.60. The van der Waals surface area contributed by atoms with E-state index in [0.717, 1.165) is 44.4 Å². The Morgan fingerprint density at radius 3 is 1.45 bits per heavy atom. The summed E-state index contributed by atoms with van der Waals surface area (Å²) < 4.78 is 11.1. The first-order valence-electron chi connectivity index (χ1n) is 25.9. The third-order valence-electron chi connectivity index (χ3n) is 12.7. The van der Waals surface area contributed by atoms with E-state index in [1.54, 1.807) is 0 Å². The zero-order valence-electron chi connectivity index (χ0n) is 40.0. The fraction of sp³-hybridized carbons (Fsp3) is 0.941. The maximum atomic E-state index is 13.1. The highest BCUT2D eigenvalue weighted by Gasteiger charge is 2.44. The molecule has 1 saturated heterocycles. The van der Waals surface area contributed by atoms with Gasteiger partial charge in [0.05, 0.1) is 25.4 Å². The number of rotatable bonds is 43. The van der Waals surface area contributed by atoms with Gasteiger partial charge in [-0.05, 0) is 44.4 Å². The van der Waals surface area contributed by atoms with Gasteiger partial charge in [0.25, 0.3) is 0 Å². The van der Waals surface area contributed by atoms with Crippen molar-refractivity contribution in [3.8, 4) is 0 Å². The van der Waals surface area contributed by atoms with Gasteiger partial charge in [-0.1, -0.05) is 206 Å². The van der Waals surface area contributed by atoms with E-state index in [9.17, 15) is 40.5 Å². The zero-order valence-corrected chi connectivity index (χ0v) is 40.0. The van der Waals surface area contributed by atoms with Crippen molar-refractivity contribution in [2.45, 2.75) is 288 Å².